The summed E-state index contributed by atoms with van der Waals surface area (Å²) in [4.78, 5) is 0. The highest BCUT2D eigenvalue weighted by Gasteiger charge is 2.34. The smallest absolute Gasteiger partial charge is 0.466 e. The van der Waals surface area contributed by atoms with Crippen LogP contribution in [0.15, 0.2) is 12.1 Å². The maximum atomic E-state index is 11.0. The maximum Gasteiger partial charge on any atom is 0.466 e. The highest BCUT2D eigenvalue weighted by Crippen LogP contribution is 2.45. The predicted molar refractivity (Wildman–Crippen MR) is 50.0 cm³/mol. The monoisotopic (exact) mass is 284 g/mol. The van der Waals surface area contributed by atoms with Crippen molar-refractivity contribution in [2.24, 2.45) is 0 Å². The lowest BCUT2D eigenvalue weighted by Gasteiger charge is -2.15. The molecule has 2 rings (SSSR count). The Morgan fingerprint density at radius 3 is 2.18 bits per heavy atom. The molecule has 0 spiro atoms. The largest absolute Gasteiger partial charge is 0.504 e. The quantitative estimate of drug-likeness (QED) is 0.638. The molecule has 0 saturated heterocycles. The molecule has 0 amide bonds. The molecule has 0 fully saturated rings. The van der Waals surface area contributed by atoms with E-state index in [0.717, 1.165) is 12.1 Å². The number of benzene rings is 1. The van der Waals surface area contributed by atoms with Gasteiger partial charge in [0, 0.05) is 0 Å². The molecule has 17 heavy (non-hydrogen) atoms. The fourth-order valence-corrected chi connectivity index (χ4v) is 2.80. The highest BCUT2D eigenvalue weighted by atomic mass is 32.3. The second-order valence-corrected chi connectivity index (χ2v) is 5.32. The fourth-order valence-electron chi connectivity index (χ4n) is 1.03. The van der Waals surface area contributed by atoms with Crippen LogP contribution in [0.4, 0.5) is 0 Å². The van der Waals surface area contributed by atoms with E-state index in [4.69, 9.17) is 0 Å². The third-order valence-corrected chi connectivity index (χ3v) is 3.71. The molecule has 0 saturated carbocycles. The van der Waals surface area contributed by atoms with Crippen molar-refractivity contribution in [1.82, 2.24) is 0 Å². The van der Waals surface area contributed by atoms with Gasteiger partial charge in [-0.3, -0.25) is 0 Å². The van der Waals surface area contributed by atoms with Crippen LogP contribution in [0.25, 0.3) is 0 Å². The standard InChI is InChI=1S/C6H4O9S2/c7-3-1-2-4-5(8)6(3)14-17(11,12)15-16(9,10)13-4/h1-2,7-8H. The van der Waals surface area contributed by atoms with Crippen LogP contribution in [0.2, 0.25) is 0 Å². The Labute approximate surface area is 95.4 Å². The van der Waals surface area contributed by atoms with E-state index in [1.807, 2.05) is 0 Å². The summed E-state index contributed by atoms with van der Waals surface area (Å²) in [5.41, 5.74) is 0. The van der Waals surface area contributed by atoms with E-state index < -0.39 is 43.8 Å². The minimum atomic E-state index is -5.03. The highest BCUT2D eigenvalue weighted by molar-refractivity contribution is 7.95. The molecule has 94 valence electrons. The first-order chi connectivity index (χ1) is 7.70. The van der Waals surface area contributed by atoms with E-state index in [1.54, 1.807) is 0 Å². The van der Waals surface area contributed by atoms with E-state index in [-0.39, 0.29) is 0 Å². The first-order valence-corrected chi connectivity index (χ1v) is 6.52. The lowest BCUT2D eigenvalue weighted by molar-refractivity contribution is 0.314. The molecule has 11 heteroatoms. The summed E-state index contributed by atoms with van der Waals surface area (Å²) in [6.45, 7) is 0. The predicted octanol–water partition coefficient (Wildman–Crippen LogP) is -0.625. The lowest BCUT2D eigenvalue weighted by atomic mass is 10.3. The Hall–Kier alpha value is -1.72. The number of hydrogen-bond acceptors (Lipinski definition) is 9. The van der Waals surface area contributed by atoms with E-state index in [1.165, 1.54) is 0 Å². The van der Waals surface area contributed by atoms with Gasteiger partial charge >= 0.3 is 20.8 Å². The normalized spacial score (nSPS) is 20.5. The van der Waals surface area contributed by atoms with Crippen molar-refractivity contribution >= 4 is 20.8 Å². The van der Waals surface area contributed by atoms with E-state index in [9.17, 15) is 27.0 Å². The van der Waals surface area contributed by atoms with Crippen molar-refractivity contribution in [2.75, 3.05) is 0 Å². The molecule has 2 N–H and O–H groups in total. The average molecular weight is 284 g/mol. The van der Waals surface area contributed by atoms with Crippen LogP contribution in [0.1, 0.15) is 0 Å². The second kappa shape index (κ2) is 3.38. The van der Waals surface area contributed by atoms with Crippen LogP contribution in [0.3, 0.4) is 0 Å². The number of phenols is 2. The molecule has 0 radical (unpaired) electrons. The van der Waals surface area contributed by atoms with Crippen LogP contribution in [-0.2, 0) is 24.4 Å². The van der Waals surface area contributed by atoms with Gasteiger partial charge in [0.2, 0.25) is 11.5 Å². The maximum absolute atomic E-state index is 11.0. The van der Waals surface area contributed by atoms with Crippen LogP contribution < -0.4 is 8.37 Å². The summed E-state index contributed by atoms with van der Waals surface area (Å²) < 4.78 is 55.8. The minimum absolute atomic E-state index is 0.646. The molecule has 0 aromatic heterocycles. The van der Waals surface area contributed by atoms with Crippen molar-refractivity contribution in [1.29, 1.82) is 0 Å². The Morgan fingerprint density at radius 2 is 1.53 bits per heavy atom. The molecule has 1 aliphatic heterocycles. The van der Waals surface area contributed by atoms with Crippen LogP contribution >= 0.6 is 0 Å². The van der Waals surface area contributed by atoms with Gasteiger partial charge in [0.05, 0.1) is 0 Å². The van der Waals surface area contributed by atoms with Crippen molar-refractivity contribution < 1.29 is 39.0 Å². The van der Waals surface area contributed by atoms with Crippen LogP contribution in [0, 0.1) is 0 Å². The molecule has 0 unspecified atom stereocenters. The van der Waals surface area contributed by atoms with Crippen LogP contribution in [0.5, 0.6) is 23.0 Å². The zero-order valence-electron chi connectivity index (χ0n) is 7.72. The van der Waals surface area contributed by atoms with Gasteiger partial charge in [0.15, 0.2) is 11.5 Å². The fraction of sp³-hybridized carbons (Fsp3) is 0. The number of rotatable bonds is 0. The Kier molecular flexibility index (Phi) is 2.34. The zero-order chi connectivity index (χ0) is 12.8. The third kappa shape index (κ3) is 2.20. The summed E-state index contributed by atoms with van der Waals surface area (Å²) in [7, 11) is -9.96. The first kappa shape index (κ1) is 11.8. The Balaban J connectivity index is 2.75. The summed E-state index contributed by atoms with van der Waals surface area (Å²) in [5, 5.41) is 18.6. The Bertz CT molecular complexity index is 672. The molecule has 0 aliphatic carbocycles. The van der Waals surface area contributed by atoms with Gasteiger partial charge in [0.25, 0.3) is 0 Å². The summed E-state index contributed by atoms with van der Waals surface area (Å²) in [6.07, 6.45) is 0. The molecule has 2 bridgehead atoms. The number of hydrogen-bond donors (Lipinski definition) is 2. The first-order valence-electron chi connectivity index (χ1n) is 3.85. The third-order valence-electron chi connectivity index (χ3n) is 1.62. The summed E-state index contributed by atoms with van der Waals surface area (Å²) >= 11 is 0. The number of aromatic hydroxyl groups is 2. The molecule has 1 aromatic carbocycles. The van der Waals surface area contributed by atoms with Crippen LogP contribution in [-0.4, -0.2) is 27.0 Å². The van der Waals surface area contributed by atoms with Crippen molar-refractivity contribution in [3.8, 4) is 23.0 Å². The average Bonchev–Trinajstić information content (AvgIpc) is 2.14. The molecule has 0 atom stereocenters. The molecule has 1 heterocycles. The van der Waals surface area contributed by atoms with Gasteiger partial charge in [-0.25, -0.2) is 0 Å². The Morgan fingerprint density at radius 1 is 0.941 bits per heavy atom. The van der Waals surface area contributed by atoms with Gasteiger partial charge in [-0.2, -0.15) is 16.8 Å². The van der Waals surface area contributed by atoms with E-state index in [0.29, 0.717) is 0 Å². The van der Waals surface area contributed by atoms with Gasteiger partial charge in [-0.05, 0) is 12.1 Å². The van der Waals surface area contributed by atoms with Crippen molar-refractivity contribution in [3.05, 3.63) is 12.1 Å². The zero-order valence-corrected chi connectivity index (χ0v) is 9.36. The molecule has 9 nitrogen and oxygen atoms in total. The molecule has 1 aliphatic rings. The SMILES string of the molecule is O=S1(=O)Oc2ccc(O)c(c2O)OS(=O)(=O)O1. The number of fused-ring (bicyclic) bond motifs is 2. The second-order valence-electron chi connectivity index (χ2n) is 2.81. The van der Waals surface area contributed by atoms with Crippen molar-refractivity contribution in [2.45, 2.75) is 0 Å². The molecular weight excluding hydrogens is 280 g/mol. The number of phenolic OH excluding ortho intramolecular Hbond substituents is 2. The van der Waals surface area contributed by atoms with E-state index in [2.05, 4.69) is 12.0 Å². The summed E-state index contributed by atoms with van der Waals surface area (Å²) in [5.74, 6) is -3.26. The topological polar surface area (TPSA) is 136 Å². The van der Waals surface area contributed by atoms with Gasteiger partial charge < -0.3 is 18.6 Å². The molecular formula is C6H4O9S2. The lowest BCUT2D eigenvalue weighted by Crippen LogP contribution is -2.24. The minimum Gasteiger partial charge on any atom is -0.504 e. The van der Waals surface area contributed by atoms with Gasteiger partial charge in [-0.1, -0.05) is 3.63 Å². The van der Waals surface area contributed by atoms with E-state index >= 15 is 0 Å². The molecule has 1 aromatic rings. The summed E-state index contributed by atoms with van der Waals surface area (Å²) in [6, 6.07) is 1.76. The van der Waals surface area contributed by atoms with Gasteiger partial charge in [0.1, 0.15) is 0 Å². The van der Waals surface area contributed by atoms with Gasteiger partial charge in [-0.15, -0.1) is 0 Å². The van der Waals surface area contributed by atoms with Crippen molar-refractivity contribution in [3.63, 3.8) is 0 Å².